The number of pyridine rings is 1. The lowest BCUT2D eigenvalue weighted by molar-refractivity contribution is 0.0697. The average molecular weight is 298 g/mol. The van der Waals surface area contributed by atoms with Crippen molar-refractivity contribution in [2.75, 3.05) is 5.32 Å². The summed E-state index contributed by atoms with van der Waals surface area (Å²) in [6.45, 7) is 4.03. The third kappa shape index (κ3) is 3.21. The van der Waals surface area contributed by atoms with E-state index < -0.39 is 5.97 Å². The number of halogens is 1. The van der Waals surface area contributed by atoms with Gasteiger partial charge in [0.1, 0.15) is 11.0 Å². The maximum absolute atomic E-state index is 10.9. The summed E-state index contributed by atoms with van der Waals surface area (Å²) in [6.07, 6.45) is 0.855. The van der Waals surface area contributed by atoms with E-state index in [2.05, 4.69) is 15.3 Å². The van der Waals surface area contributed by atoms with E-state index in [1.165, 1.54) is 23.5 Å². The molecule has 0 radical (unpaired) electrons. The molecule has 2 rings (SSSR count). The Morgan fingerprint density at radius 2 is 2.21 bits per heavy atom. The molecule has 5 nitrogen and oxygen atoms in total. The number of nitrogens with zero attached hydrogens (tertiary/aromatic N) is 2. The number of thiazole rings is 1. The first-order valence-electron chi connectivity index (χ1n) is 5.63. The summed E-state index contributed by atoms with van der Waals surface area (Å²) in [4.78, 5) is 20.5. The molecule has 19 heavy (non-hydrogen) atoms. The number of carboxylic acids is 1. The van der Waals surface area contributed by atoms with Crippen molar-refractivity contribution in [1.82, 2.24) is 9.97 Å². The molecular weight excluding hydrogens is 286 g/mol. The van der Waals surface area contributed by atoms with Gasteiger partial charge in [0.15, 0.2) is 5.13 Å². The third-order valence-electron chi connectivity index (χ3n) is 2.50. The number of hydrogen-bond donors (Lipinski definition) is 2. The number of carboxylic acid groups (broad SMARTS) is 1. The molecule has 0 aliphatic rings. The Bertz CT molecular complexity index is 627. The Hall–Kier alpha value is -1.66. The largest absolute Gasteiger partial charge is 0.478 e. The highest BCUT2D eigenvalue weighted by atomic mass is 35.5. The monoisotopic (exact) mass is 297 g/mol. The van der Waals surface area contributed by atoms with Crippen molar-refractivity contribution in [3.05, 3.63) is 33.4 Å². The van der Waals surface area contributed by atoms with Crippen molar-refractivity contribution >= 4 is 39.9 Å². The predicted octanol–water partition coefficient (Wildman–Crippen LogP) is 3.50. The van der Waals surface area contributed by atoms with Crippen LogP contribution in [-0.4, -0.2) is 21.0 Å². The fourth-order valence-corrected chi connectivity index (χ4v) is 2.72. The summed E-state index contributed by atoms with van der Waals surface area (Å²) in [7, 11) is 0. The van der Waals surface area contributed by atoms with Crippen LogP contribution in [-0.2, 0) is 6.42 Å². The number of hydrogen-bond acceptors (Lipinski definition) is 5. The van der Waals surface area contributed by atoms with Crippen LogP contribution >= 0.6 is 22.9 Å². The van der Waals surface area contributed by atoms with Crippen LogP contribution in [0, 0.1) is 6.92 Å². The number of aromatic nitrogens is 2. The lowest BCUT2D eigenvalue weighted by Gasteiger charge is -2.03. The van der Waals surface area contributed by atoms with E-state index in [9.17, 15) is 4.79 Å². The fourth-order valence-electron chi connectivity index (χ4n) is 1.60. The molecule has 0 aromatic carbocycles. The molecular formula is C12H12ClN3O2S. The van der Waals surface area contributed by atoms with Crippen molar-refractivity contribution in [2.45, 2.75) is 20.3 Å². The second-order valence-electron chi connectivity index (χ2n) is 3.87. The van der Waals surface area contributed by atoms with Gasteiger partial charge in [-0.3, -0.25) is 0 Å². The molecule has 0 amide bonds. The van der Waals surface area contributed by atoms with Gasteiger partial charge in [-0.1, -0.05) is 18.5 Å². The number of anilines is 2. The molecule has 2 N–H and O–H groups in total. The number of nitrogens with one attached hydrogen (secondary N) is 1. The molecule has 0 saturated carbocycles. The van der Waals surface area contributed by atoms with E-state index in [-0.39, 0.29) is 10.7 Å². The lowest BCUT2D eigenvalue weighted by Crippen LogP contribution is -2.00. The smallest absolute Gasteiger partial charge is 0.335 e. The molecule has 2 aromatic heterocycles. The van der Waals surface area contributed by atoms with Crippen LogP contribution in [0.2, 0.25) is 5.15 Å². The van der Waals surface area contributed by atoms with E-state index in [1.807, 2.05) is 13.8 Å². The molecule has 0 aliphatic heterocycles. The first-order chi connectivity index (χ1) is 8.99. The van der Waals surface area contributed by atoms with Gasteiger partial charge in [0.25, 0.3) is 0 Å². The maximum Gasteiger partial charge on any atom is 0.335 e. The van der Waals surface area contributed by atoms with Crippen LogP contribution in [0.5, 0.6) is 0 Å². The Morgan fingerprint density at radius 1 is 1.47 bits per heavy atom. The number of rotatable bonds is 4. The minimum absolute atomic E-state index is 0.0893. The number of aryl methyl sites for hydroxylation is 2. The summed E-state index contributed by atoms with van der Waals surface area (Å²) in [5.74, 6) is -0.668. The molecule has 100 valence electrons. The van der Waals surface area contributed by atoms with E-state index in [4.69, 9.17) is 16.7 Å². The summed E-state index contributed by atoms with van der Waals surface area (Å²) in [5.41, 5.74) is 1.11. The van der Waals surface area contributed by atoms with E-state index in [0.717, 1.165) is 17.0 Å². The third-order valence-corrected chi connectivity index (χ3v) is 3.63. The Balaban J connectivity index is 2.29. The summed E-state index contributed by atoms with van der Waals surface area (Å²) in [6, 6.07) is 2.73. The standard InChI is InChI=1S/C12H12ClN3O2S/c1-3-8-6(2)19-12(14-8)16-10-5-7(11(17)18)4-9(13)15-10/h4-5H,3H2,1-2H3,(H,17,18)(H,14,15,16). The van der Waals surface area contributed by atoms with Crippen LogP contribution in [0.4, 0.5) is 10.9 Å². The van der Waals surface area contributed by atoms with Crippen LogP contribution in [0.15, 0.2) is 12.1 Å². The van der Waals surface area contributed by atoms with Crippen molar-refractivity contribution in [3.8, 4) is 0 Å². The highest BCUT2D eigenvalue weighted by Gasteiger charge is 2.10. The molecule has 2 aromatic rings. The van der Waals surface area contributed by atoms with E-state index in [0.29, 0.717) is 10.9 Å². The van der Waals surface area contributed by atoms with Crippen LogP contribution < -0.4 is 5.32 Å². The Kier molecular flexibility index (Phi) is 4.01. The number of carbonyl (C=O) groups is 1. The lowest BCUT2D eigenvalue weighted by atomic mass is 10.2. The molecule has 0 aliphatic carbocycles. The van der Waals surface area contributed by atoms with Crippen molar-refractivity contribution in [1.29, 1.82) is 0 Å². The second kappa shape index (κ2) is 5.54. The topological polar surface area (TPSA) is 75.1 Å². The van der Waals surface area contributed by atoms with E-state index >= 15 is 0 Å². The zero-order valence-corrected chi connectivity index (χ0v) is 12.0. The Labute approximate surface area is 119 Å². The van der Waals surface area contributed by atoms with Crippen LogP contribution in [0.3, 0.4) is 0 Å². The predicted molar refractivity (Wildman–Crippen MR) is 75.7 cm³/mol. The average Bonchev–Trinajstić information content (AvgIpc) is 2.68. The molecule has 0 fully saturated rings. The highest BCUT2D eigenvalue weighted by Crippen LogP contribution is 2.26. The second-order valence-corrected chi connectivity index (χ2v) is 5.46. The molecule has 0 atom stereocenters. The molecule has 0 spiro atoms. The van der Waals surface area contributed by atoms with Crippen LogP contribution in [0.1, 0.15) is 27.9 Å². The van der Waals surface area contributed by atoms with Gasteiger partial charge in [-0.2, -0.15) is 0 Å². The zero-order chi connectivity index (χ0) is 14.0. The Morgan fingerprint density at radius 3 is 2.79 bits per heavy atom. The molecule has 0 bridgehead atoms. The molecule has 2 heterocycles. The maximum atomic E-state index is 10.9. The van der Waals surface area contributed by atoms with Gasteiger partial charge in [-0.05, 0) is 25.5 Å². The highest BCUT2D eigenvalue weighted by molar-refractivity contribution is 7.15. The van der Waals surface area contributed by atoms with Crippen molar-refractivity contribution in [3.63, 3.8) is 0 Å². The van der Waals surface area contributed by atoms with Gasteiger partial charge < -0.3 is 10.4 Å². The fraction of sp³-hybridized carbons (Fsp3) is 0.250. The summed E-state index contributed by atoms with van der Waals surface area (Å²) in [5, 5.41) is 12.8. The van der Waals surface area contributed by atoms with Crippen LogP contribution in [0.25, 0.3) is 0 Å². The molecule has 0 unspecified atom stereocenters. The number of aromatic carboxylic acids is 1. The van der Waals surface area contributed by atoms with Gasteiger partial charge >= 0.3 is 5.97 Å². The molecule has 7 heteroatoms. The quantitative estimate of drug-likeness (QED) is 0.845. The van der Waals surface area contributed by atoms with Gasteiger partial charge in [-0.15, -0.1) is 11.3 Å². The first-order valence-corrected chi connectivity index (χ1v) is 6.83. The SMILES string of the molecule is CCc1nc(Nc2cc(C(=O)O)cc(Cl)n2)sc1C. The van der Waals surface area contributed by atoms with Gasteiger partial charge in [0.05, 0.1) is 11.3 Å². The minimum atomic E-state index is -1.04. The minimum Gasteiger partial charge on any atom is -0.478 e. The molecule has 0 saturated heterocycles. The van der Waals surface area contributed by atoms with Gasteiger partial charge in [0.2, 0.25) is 0 Å². The summed E-state index contributed by atoms with van der Waals surface area (Å²) < 4.78 is 0. The van der Waals surface area contributed by atoms with E-state index in [1.54, 1.807) is 0 Å². The first kappa shape index (κ1) is 13.8. The van der Waals surface area contributed by atoms with Gasteiger partial charge in [0, 0.05) is 4.88 Å². The van der Waals surface area contributed by atoms with Gasteiger partial charge in [-0.25, -0.2) is 14.8 Å². The van der Waals surface area contributed by atoms with Crippen molar-refractivity contribution in [2.24, 2.45) is 0 Å². The normalized spacial score (nSPS) is 10.5. The van der Waals surface area contributed by atoms with Crippen molar-refractivity contribution < 1.29 is 9.90 Å². The summed E-state index contributed by atoms with van der Waals surface area (Å²) >= 11 is 7.29. The zero-order valence-electron chi connectivity index (χ0n) is 10.4.